The van der Waals surface area contributed by atoms with Crippen LogP contribution < -0.4 is 5.32 Å². The van der Waals surface area contributed by atoms with Crippen LogP contribution in [0.15, 0.2) is 30.3 Å². The van der Waals surface area contributed by atoms with Crippen molar-refractivity contribution in [2.24, 2.45) is 0 Å². The van der Waals surface area contributed by atoms with Gasteiger partial charge in [0, 0.05) is 6.42 Å². The van der Waals surface area contributed by atoms with Crippen LogP contribution in [0.4, 0.5) is 4.79 Å². The molecule has 1 amide bonds. The van der Waals surface area contributed by atoms with Gasteiger partial charge >= 0.3 is 12.1 Å². The molecule has 0 saturated carbocycles. The summed E-state index contributed by atoms with van der Waals surface area (Å²) in [5, 5.41) is 2.60. The zero-order chi connectivity index (χ0) is 18.3. The van der Waals surface area contributed by atoms with Crippen molar-refractivity contribution in [3.8, 4) is 0 Å². The zero-order valence-corrected chi connectivity index (χ0v) is 15.5. The second kappa shape index (κ2) is 13.3. The fourth-order valence-electron chi connectivity index (χ4n) is 2.51. The fourth-order valence-corrected chi connectivity index (χ4v) is 2.51. The third kappa shape index (κ3) is 9.75. The molecule has 1 atom stereocenters. The Bertz CT molecular complexity index is 490. The first-order valence-corrected chi connectivity index (χ1v) is 9.31. The highest BCUT2D eigenvalue weighted by atomic mass is 16.6. The summed E-state index contributed by atoms with van der Waals surface area (Å²) in [6.07, 6.45) is 6.56. The van der Waals surface area contributed by atoms with Gasteiger partial charge in [0.15, 0.2) is 0 Å². The molecule has 1 rings (SSSR count). The number of rotatable bonds is 12. The number of ether oxygens (including phenoxy) is 2. The summed E-state index contributed by atoms with van der Waals surface area (Å²) in [5.74, 6) is -0.412. The minimum Gasteiger partial charge on any atom is -0.464 e. The van der Waals surface area contributed by atoms with Gasteiger partial charge < -0.3 is 14.8 Å². The Kier molecular flexibility index (Phi) is 11.2. The van der Waals surface area contributed by atoms with Gasteiger partial charge in [0.25, 0.3) is 0 Å². The minimum atomic E-state index is -0.735. The van der Waals surface area contributed by atoms with E-state index in [-0.39, 0.29) is 6.61 Å². The Balaban J connectivity index is 2.44. The van der Waals surface area contributed by atoms with Crippen LogP contribution in [0.3, 0.4) is 0 Å². The van der Waals surface area contributed by atoms with E-state index in [1.807, 2.05) is 30.3 Å². The smallest absolute Gasteiger partial charge is 0.407 e. The largest absolute Gasteiger partial charge is 0.464 e. The number of esters is 1. The molecule has 0 aliphatic heterocycles. The van der Waals surface area contributed by atoms with Crippen LogP contribution in [-0.4, -0.2) is 31.3 Å². The van der Waals surface area contributed by atoms with Crippen molar-refractivity contribution in [1.82, 2.24) is 5.32 Å². The van der Waals surface area contributed by atoms with Crippen molar-refractivity contribution in [2.75, 3.05) is 13.2 Å². The van der Waals surface area contributed by atoms with E-state index in [1.165, 1.54) is 25.7 Å². The minimum absolute atomic E-state index is 0.261. The second-order valence-electron chi connectivity index (χ2n) is 6.04. The van der Waals surface area contributed by atoms with Crippen LogP contribution in [0.5, 0.6) is 0 Å². The van der Waals surface area contributed by atoms with Crippen LogP contribution in [0, 0.1) is 0 Å². The maximum Gasteiger partial charge on any atom is 0.407 e. The SMILES string of the molecule is CCCCCCCCOC(=O)C(Cc1ccccc1)NC(=O)OCC. The molecule has 1 aromatic carbocycles. The van der Waals surface area contributed by atoms with E-state index < -0.39 is 18.1 Å². The number of benzene rings is 1. The molecule has 0 fully saturated rings. The molecule has 0 saturated heterocycles. The lowest BCUT2D eigenvalue weighted by Crippen LogP contribution is -2.43. The highest BCUT2D eigenvalue weighted by Gasteiger charge is 2.23. The van der Waals surface area contributed by atoms with E-state index in [2.05, 4.69) is 12.2 Å². The number of nitrogens with one attached hydrogen (secondary N) is 1. The lowest BCUT2D eigenvalue weighted by Gasteiger charge is -2.17. The standard InChI is InChI=1S/C20H31NO4/c1-3-5-6-7-8-12-15-25-19(22)18(21-20(23)24-4-2)16-17-13-10-9-11-14-17/h9-11,13-14,18H,3-8,12,15-16H2,1-2H3,(H,21,23). The van der Waals surface area contributed by atoms with Gasteiger partial charge in [-0.25, -0.2) is 9.59 Å². The third-order valence-corrected chi connectivity index (χ3v) is 3.88. The molecule has 0 aliphatic carbocycles. The molecular weight excluding hydrogens is 318 g/mol. The molecule has 1 unspecified atom stereocenters. The molecule has 1 N–H and O–H groups in total. The highest BCUT2D eigenvalue weighted by molar-refractivity contribution is 5.81. The predicted molar refractivity (Wildman–Crippen MR) is 98.4 cm³/mol. The molecule has 0 heterocycles. The Morgan fingerprint density at radius 3 is 2.32 bits per heavy atom. The molecule has 1 aromatic rings. The Labute approximate surface area is 151 Å². The lowest BCUT2D eigenvalue weighted by atomic mass is 10.1. The summed E-state index contributed by atoms with van der Waals surface area (Å²) in [7, 11) is 0. The Hall–Kier alpha value is -2.04. The summed E-state index contributed by atoms with van der Waals surface area (Å²) in [4.78, 5) is 24.0. The molecule has 0 aromatic heterocycles. The number of amides is 1. The number of hydrogen-bond donors (Lipinski definition) is 1. The summed E-state index contributed by atoms with van der Waals surface area (Å²) < 4.78 is 10.2. The van der Waals surface area contributed by atoms with Gasteiger partial charge in [-0.1, -0.05) is 69.4 Å². The molecule has 5 heteroatoms. The normalized spacial score (nSPS) is 11.6. The van der Waals surface area contributed by atoms with E-state index in [1.54, 1.807) is 6.92 Å². The van der Waals surface area contributed by atoms with Crippen LogP contribution in [0.2, 0.25) is 0 Å². The second-order valence-corrected chi connectivity index (χ2v) is 6.04. The van der Waals surface area contributed by atoms with Gasteiger partial charge in [0.05, 0.1) is 13.2 Å². The average Bonchev–Trinajstić information content (AvgIpc) is 2.61. The van der Waals surface area contributed by atoms with E-state index in [0.717, 1.165) is 18.4 Å². The van der Waals surface area contributed by atoms with Crippen LogP contribution in [0.1, 0.15) is 57.9 Å². The van der Waals surface area contributed by atoms with Gasteiger partial charge in [-0.05, 0) is 18.9 Å². The van der Waals surface area contributed by atoms with Crippen molar-refractivity contribution >= 4 is 12.1 Å². The molecule has 0 radical (unpaired) electrons. The number of unbranched alkanes of at least 4 members (excludes halogenated alkanes) is 5. The van der Waals surface area contributed by atoms with Crippen LogP contribution in [-0.2, 0) is 20.7 Å². The van der Waals surface area contributed by atoms with Gasteiger partial charge in [0.1, 0.15) is 6.04 Å². The number of alkyl carbamates (subject to hydrolysis) is 1. The molecule has 0 aliphatic rings. The van der Waals surface area contributed by atoms with E-state index in [4.69, 9.17) is 9.47 Å². The first-order chi connectivity index (χ1) is 12.2. The van der Waals surface area contributed by atoms with E-state index >= 15 is 0 Å². The maximum absolute atomic E-state index is 12.3. The van der Waals surface area contributed by atoms with Crippen molar-refractivity contribution in [3.63, 3.8) is 0 Å². The quantitative estimate of drug-likeness (QED) is 0.453. The molecule has 0 bridgehead atoms. The van der Waals surface area contributed by atoms with Gasteiger partial charge in [-0.3, -0.25) is 0 Å². The zero-order valence-electron chi connectivity index (χ0n) is 15.5. The number of hydrogen-bond acceptors (Lipinski definition) is 4. The van der Waals surface area contributed by atoms with Gasteiger partial charge in [0.2, 0.25) is 0 Å². The monoisotopic (exact) mass is 349 g/mol. The first kappa shape index (κ1) is 21.0. The molecule has 5 nitrogen and oxygen atoms in total. The van der Waals surface area contributed by atoms with Gasteiger partial charge in [-0.2, -0.15) is 0 Å². The van der Waals surface area contributed by atoms with E-state index in [9.17, 15) is 9.59 Å². The Morgan fingerprint density at radius 2 is 1.64 bits per heavy atom. The summed E-state index contributed by atoms with van der Waals surface area (Å²) in [6.45, 7) is 4.56. The number of carbonyl (C=O) groups excluding carboxylic acids is 2. The topological polar surface area (TPSA) is 64.6 Å². The fraction of sp³-hybridized carbons (Fsp3) is 0.600. The summed E-state index contributed by atoms with van der Waals surface area (Å²) in [5.41, 5.74) is 0.959. The summed E-state index contributed by atoms with van der Waals surface area (Å²) in [6, 6.07) is 8.81. The number of carbonyl (C=O) groups is 2. The molecule has 0 spiro atoms. The predicted octanol–water partition coefficient (Wildman–Crippen LogP) is 4.25. The molecule has 140 valence electrons. The molecule has 25 heavy (non-hydrogen) atoms. The van der Waals surface area contributed by atoms with Crippen molar-refractivity contribution in [1.29, 1.82) is 0 Å². The van der Waals surface area contributed by atoms with Crippen molar-refractivity contribution in [3.05, 3.63) is 35.9 Å². The summed E-state index contributed by atoms with van der Waals surface area (Å²) >= 11 is 0. The van der Waals surface area contributed by atoms with Crippen molar-refractivity contribution in [2.45, 2.75) is 64.8 Å². The lowest BCUT2D eigenvalue weighted by molar-refractivity contribution is -0.146. The van der Waals surface area contributed by atoms with Crippen LogP contribution in [0.25, 0.3) is 0 Å². The molecular formula is C20H31NO4. The van der Waals surface area contributed by atoms with Gasteiger partial charge in [-0.15, -0.1) is 0 Å². The van der Waals surface area contributed by atoms with Crippen LogP contribution >= 0.6 is 0 Å². The Morgan fingerprint density at radius 1 is 0.960 bits per heavy atom. The highest BCUT2D eigenvalue weighted by Crippen LogP contribution is 2.08. The third-order valence-electron chi connectivity index (χ3n) is 3.88. The van der Waals surface area contributed by atoms with Crippen molar-refractivity contribution < 1.29 is 19.1 Å². The maximum atomic E-state index is 12.3. The first-order valence-electron chi connectivity index (χ1n) is 9.31. The average molecular weight is 349 g/mol. The van der Waals surface area contributed by atoms with E-state index in [0.29, 0.717) is 13.0 Å².